The van der Waals surface area contributed by atoms with E-state index in [9.17, 15) is 9.13 Å². The minimum atomic E-state index is -3.35. The van der Waals surface area contributed by atoms with Crippen LogP contribution in [-0.4, -0.2) is 36.5 Å². The van der Waals surface area contributed by atoms with Gasteiger partial charge >= 0.3 is 16.4 Å². The maximum atomic E-state index is 13.0. The van der Waals surface area contributed by atoms with Crippen molar-refractivity contribution in [3.63, 3.8) is 0 Å². The second-order valence-corrected chi connectivity index (χ2v) is 13.8. The Bertz CT molecular complexity index is 1590. The molecule has 5 aromatic carbocycles. The molecule has 51 heavy (non-hydrogen) atoms. The van der Waals surface area contributed by atoms with Gasteiger partial charge in [0, 0.05) is 31.8 Å². The van der Waals surface area contributed by atoms with E-state index in [1.807, 2.05) is 141 Å². The lowest BCUT2D eigenvalue weighted by molar-refractivity contribution is 0.182. The van der Waals surface area contributed by atoms with E-state index in [1.165, 1.54) is 18.4 Å². The Kier molecular flexibility index (Phi) is 17.4. The first-order chi connectivity index (χ1) is 24.9. The number of hydrogen-bond acceptors (Lipinski definition) is 8. The Morgan fingerprint density at radius 3 is 1.45 bits per heavy atom. The highest BCUT2D eigenvalue weighted by atomic mass is 31.2. The molecule has 7 rings (SSSR count). The van der Waals surface area contributed by atoms with Gasteiger partial charge in [-0.3, -0.25) is 0 Å². The monoisotopic (exact) mass is 728 g/mol. The van der Waals surface area contributed by atoms with Crippen molar-refractivity contribution >= 4 is 16.4 Å². The fourth-order valence-electron chi connectivity index (χ4n) is 4.66. The Hall–Kier alpha value is -4.33. The van der Waals surface area contributed by atoms with Gasteiger partial charge in [0.15, 0.2) is 0 Å². The summed E-state index contributed by atoms with van der Waals surface area (Å²) in [5.74, 6) is 2.83. The number of nitrogens with one attached hydrogen (secondary N) is 1. The summed E-state index contributed by atoms with van der Waals surface area (Å²) in [6.45, 7) is 6.69. The molecule has 1 N–H and O–H groups in total. The molecule has 0 bridgehead atoms. The van der Waals surface area contributed by atoms with Crippen molar-refractivity contribution in [1.82, 2.24) is 10.2 Å². The number of nitrogens with zero attached hydrogens (tertiary/aromatic N) is 1. The first-order valence-corrected chi connectivity index (χ1v) is 19.2. The van der Waals surface area contributed by atoms with Crippen LogP contribution in [-0.2, 0) is 24.9 Å². The van der Waals surface area contributed by atoms with Gasteiger partial charge in [-0.15, -0.1) is 0 Å². The molecular formula is C40H46N2O7P2. The Labute approximate surface area is 303 Å². The van der Waals surface area contributed by atoms with Gasteiger partial charge < -0.3 is 18.5 Å². The van der Waals surface area contributed by atoms with E-state index in [-0.39, 0.29) is 20.8 Å². The van der Waals surface area contributed by atoms with Crippen molar-refractivity contribution in [2.45, 2.75) is 45.2 Å². The van der Waals surface area contributed by atoms with Crippen LogP contribution in [0.15, 0.2) is 152 Å². The molecule has 9 nitrogen and oxygen atoms in total. The molecule has 268 valence electrons. The van der Waals surface area contributed by atoms with E-state index in [2.05, 4.69) is 10.1 Å². The van der Waals surface area contributed by atoms with Gasteiger partial charge in [-0.25, -0.2) is 13.8 Å². The Morgan fingerprint density at radius 2 is 1.10 bits per heavy atom. The molecule has 2 heterocycles. The molecule has 1 unspecified atom stereocenters. The Morgan fingerprint density at radius 1 is 0.706 bits per heavy atom. The minimum Gasteiger partial charge on any atom is -0.457 e. The average Bonchev–Trinajstić information content (AvgIpc) is 3.61. The smallest absolute Gasteiger partial charge is 0.457 e. The number of ether oxygens (including phenoxy) is 2. The van der Waals surface area contributed by atoms with Crippen molar-refractivity contribution in [2.75, 3.05) is 19.8 Å². The van der Waals surface area contributed by atoms with Gasteiger partial charge in [-0.05, 0) is 87.2 Å². The van der Waals surface area contributed by atoms with Crippen LogP contribution in [0.3, 0.4) is 0 Å². The molecule has 0 radical (unpaired) electrons. The molecule has 2 fully saturated rings. The van der Waals surface area contributed by atoms with Crippen LogP contribution in [0, 0.1) is 0 Å². The van der Waals surface area contributed by atoms with Crippen molar-refractivity contribution in [1.29, 1.82) is 0 Å². The second-order valence-electron chi connectivity index (χ2n) is 11.7. The molecule has 11 heteroatoms. The zero-order valence-corrected chi connectivity index (χ0v) is 30.8. The summed E-state index contributed by atoms with van der Waals surface area (Å²) < 4.78 is 51.1. The molecule has 2 aliphatic rings. The molecular weight excluding hydrogens is 682 g/mol. The summed E-state index contributed by atoms with van der Waals surface area (Å²) in [6.07, 6.45) is 3.41. The average molecular weight is 729 g/mol. The van der Waals surface area contributed by atoms with E-state index >= 15 is 0 Å². The molecule has 2 saturated heterocycles. The van der Waals surface area contributed by atoms with Crippen LogP contribution in [0.25, 0.3) is 0 Å². The number of hydrogen-bond donors (Lipinski definition) is 1. The molecule has 0 amide bonds. The second kappa shape index (κ2) is 22.5. The third kappa shape index (κ3) is 15.6. The SMILES string of the molecule is C1CCOC1.C[C@@H](Cc1ccccc1)NOP=O.C[C@H]1CN1P(=O)(Oc1ccccc1)Oc1ccccc1.c1ccc(Oc2ccccc2)cc1. The zero-order valence-electron chi connectivity index (χ0n) is 29.0. The topological polar surface area (TPSA) is 95.3 Å². The van der Waals surface area contributed by atoms with E-state index in [1.54, 1.807) is 28.9 Å². The molecule has 0 aromatic heterocycles. The third-order valence-corrected chi connectivity index (χ3v) is 9.54. The van der Waals surface area contributed by atoms with E-state index in [0.717, 1.165) is 37.7 Å². The number of hydroxylamine groups is 1. The molecule has 2 aliphatic heterocycles. The largest absolute Gasteiger partial charge is 0.515 e. The molecule has 0 aliphatic carbocycles. The molecule has 0 spiro atoms. The van der Waals surface area contributed by atoms with Crippen molar-refractivity contribution in [3.05, 3.63) is 157 Å². The predicted molar refractivity (Wildman–Crippen MR) is 202 cm³/mol. The van der Waals surface area contributed by atoms with Gasteiger partial charge in [-0.1, -0.05) is 103 Å². The quantitative estimate of drug-likeness (QED) is 0.0765. The zero-order chi connectivity index (χ0) is 36.0. The Balaban J connectivity index is 0.000000165. The number of rotatable bonds is 12. The van der Waals surface area contributed by atoms with Gasteiger partial charge in [0.05, 0.1) is 0 Å². The standard InChI is InChI=1S/C15H16NO3P.C12H10O.C9H12NO2P.C4H8O/c1-13-12-16(13)20(17,18-14-8-4-2-5-9-14)19-15-10-6-3-7-11-15;1-3-7-11(8-4-1)13-12-9-5-2-6-10-12;1-8(10-12-13-11)7-9-5-3-2-4-6-9;1-2-4-5-3-1/h2-11,13H,12H2,1H3;1-10H;2-6,8,10H,7H2,1H3;1-4H2/t13-,16?;;8-;/m0.0./s1. The number of benzene rings is 5. The van der Waals surface area contributed by atoms with Crippen LogP contribution in [0.5, 0.6) is 23.0 Å². The highest BCUT2D eigenvalue weighted by Crippen LogP contribution is 2.57. The van der Waals surface area contributed by atoms with Gasteiger partial charge in [0.2, 0.25) is 0 Å². The van der Waals surface area contributed by atoms with E-state index in [4.69, 9.17) is 18.5 Å². The summed E-state index contributed by atoms with van der Waals surface area (Å²) >= 11 is 0. The lowest BCUT2D eigenvalue weighted by Gasteiger charge is -2.20. The minimum absolute atomic E-state index is 0.156. The van der Waals surface area contributed by atoms with Crippen LogP contribution < -0.4 is 19.3 Å². The maximum absolute atomic E-state index is 13.0. The van der Waals surface area contributed by atoms with Crippen LogP contribution in [0.4, 0.5) is 0 Å². The van der Waals surface area contributed by atoms with Crippen LogP contribution >= 0.6 is 16.4 Å². The summed E-state index contributed by atoms with van der Waals surface area (Å²) in [5, 5.41) is 0. The van der Waals surface area contributed by atoms with E-state index in [0.29, 0.717) is 11.5 Å². The summed E-state index contributed by atoms with van der Waals surface area (Å²) in [7, 11) is -3.68. The fraction of sp³-hybridized carbons (Fsp3) is 0.250. The lowest BCUT2D eigenvalue weighted by atomic mass is 10.1. The normalized spacial score (nSPS) is 16.4. The van der Waals surface area contributed by atoms with Crippen molar-refractivity contribution in [2.24, 2.45) is 0 Å². The van der Waals surface area contributed by atoms with E-state index < -0.39 is 7.75 Å². The van der Waals surface area contributed by atoms with Crippen molar-refractivity contribution < 1.29 is 32.3 Å². The third-order valence-electron chi connectivity index (χ3n) is 7.29. The lowest BCUT2D eigenvalue weighted by Crippen LogP contribution is -2.25. The first kappa shape index (κ1) is 39.5. The van der Waals surface area contributed by atoms with Crippen LogP contribution in [0.1, 0.15) is 32.3 Å². The molecule has 5 aromatic rings. The van der Waals surface area contributed by atoms with Gasteiger partial charge in [0.25, 0.3) is 0 Å². The van der Waals surface area contributed by atoms with Gasteiger partial charge in [-0.2, -0.15) is 10.2 Å². The summed E-state index contributed by atoms with van der Waals surface area (Å²) in [6, 6.07) is 48.2. The predicted octanol–water partition coefficient (Wildman–Crippen LogP) is 10.6. The molecule has 3 atom stereocenters. The highest BCUT2D eigenvalue weighted by Gasteiger charge is 2.50. The maximum Gasteiger partial charge on any atom is 0.515 e. The first-order valence-electron chi connectivity index (χ1n) is 17.0. The highest BCUT2D eigenvalue weighted by molar-refractivity contribution is 7.52. The van der Waals surface area contributed by atoms with Crippen LogP contribution in [0.2, 0.25) is 0 Å². The fourth-order valence-corrected chi connectivity index (χ4v) is 6.83. The number of para-hydroxylation sites is 4. The summed E-state index contributed by atoms with van der Waals surface area (Å²) in [4.78, 5) is 0. The van der Waals surface area contributed by atoms with Crippen molar-refractivity contribution in [3.8, 4) is 23.0 Å². The summed E-state index contributed by atoms with van der Waals surface area (Å²) in [5.41, 5.74) is 3.89. The molecule has 0 saturated carbocycles. The van der Waals surface area contributed by atoms with Gasteiger partial charge in [0.1, 0.15) is 23.0 Å².